The fraction of sp³-hybridized carbons (Fsp3) is 0.375. The van der Waals surface area contributed by atoms with Gasteiger partial charge in [0.15, 0.2) is 0 Å². The van der Waals surface area contributed by atoms with Crippen LogP contribution in [-0.2, 0) is 13.6 Å². The lowest BCUT2D eigenvalue weighted by Crippen LogP contribution is -2.48. The summed E-state index contributed by atoms with van der Waals surface area (Å²) in [6.45, 7) is 8.27. The lowest BCUT2D eigenvalue weighted by molar-refractivity contribution is 0.0619. The van der Waals surface area contributed by atoms with Crippen LogP contribution in [0, 0.1) is 0 Å². The number of hydrogen-bond acceptors (Lipinski definition) is 3. The third kappa shape index (κ3) is 4.30. The number of fused-ring (bicyclic) bond motifs is 1. The van der Waals surface area contributed by atoms with Crippen LogP contribution in [0.1, 0.15) is 29.9 Å². The second kappa shape index (κ2) is 8.29. The first-order valence-corrected chi connectivity index (χ1v) is 10.3. The van der Waals surface area contributed by atoms with Crippen molar-refractivity contribution < 1.29 is 9.53 Å². The van der Waals surface area contributed by atoms with Crippen molar-refractivity contribution in [3.63, 3.8) is 0 Å². The molecule has 0 aliphatic carbocycles. The molecule has 0 N–H and O–H groups in total. The van der Waals surface area contributed by atoms with Crippen molar-refractivity contribution in [3.05, 3.63) is 65.9 Å². The Balaban J connectivity index is 1.35. The summed E-state index contributed by atoms with van der Waals surface area (Å²) in [5, 5.41) is 1.11. The molecular formula is C24H29N3O2. The summed E-state index contributed by atoms with van der Waals surface area (Å²) >= 11 is 0. The Morgan fingerprint density at radius 2 is 1.69 bits per heavy atom. The highest BCUT2D eigenvalue weighted by molar-refractivity contribution is 5.98. The molecule has 1 aliphatic heterocycles. The minimum absolute atomic E-state index is 0.124. The van der Waals surface area contributed by atoms with Gasteiger partial charge in [0.25, 0.3) is 5.91 Å². The van der Waals surface area contributed by atoms with Gasteiger partial charge in [-0.1, -0.05) is 30.3 Å². The number of carbonyl (C=O) groups excluding carboxylic acids is 1. The lowest BCUT2D eigenvalue weighted by Gasteiger charge is -2.34. The van der Waals surface area contributed by atoms with Crippen molar-refractivity contribution in [1.82, 2.24) is 14.4 Å². The van der Waals surface area contributed by atoms with Crippen LogP contribution in [0.25, 0.3) is 10.9 Å². The zero-order valence-electron chi connectivity index (χ0n) is 17.5. The van der Waals surface area contributed by atoms with E-state index in [4.69, 9.17) is 4.74 Å². The Bertz CT molecular complexity index is 983. The number of amides is 1. The molecule has 5 nitrogen and oxygen atoms in total. The molecule has 152 valence electrons. The first-order valence-electron chi connectivity index (χ1n) is 10.3. The van der Waals surface area contributed by atoms with Crippen LogP contribution in [0.15, 0.2) is 54.6 Å². The summed E-state index contributed by atoms with van der Waals surface area (Å²) in [5.41, 5.74) is 3.13. The Hall–Kier alpha value is -2.79. The largest absolute Gasteiger partial charge is 0.491 e. The van der Waals surface area contributed by atoms with E-state index in [1.54, 1.807) is 0 Å². The predicted molar refractivity (Wildman–Crippen MR) is 116 cm³/mol. The molecule has 4 rings (SSSR count). The van der Waals surface area contributed by atoms with Crippen LogP contribution in [-0.4, -0.2) is 52.6 Å². The summed E-state index contributed by atoms with van der Waals surface area (Å²) in [6, 6.07) is 18.5. The van der Waals surface area contributed by atoms with Crippen LogP contribution < -0.4 is 4.74 Å². The van der Waals surface area contributed by atoms with Gasteiger partial charge < -0.3 is 14.2 Å². The highest BCUT2D eigenvalue weighted by Gasteiger charge is 2.24. The van der Waals surface area contributed by atoms with Gasteiger partial charge in [-0.15, -0.1) is 0 Å². The Kier molecular flexibility index (Phi) is 5.58. The average molecular weight is 392 g/mol. The number of hydrogen-bond donors (Lipinski definition) is 0. The number of piperazine rings is 1. The van der Waals surface area contributed by atoms with E-state index >= 15 is 0 Å². The predicted octanol–water partition coefficient (Wildman–Crippen LogP) is 3.92. The fourth-order valence-electron chi connectivity index (χ4n) is 3.97. The molecule has 1 fully saturated rings. The molecule has 0 spiro atoms. The SMILES string of the molecule is CC(C)Oc1ccc(CN2CCN(C(=O)c3cc4ccccc4n3C)CC2)cc1. The number of nitrogens with zero attached hydrogens (tertiary/aromatic N) is 3. The number of aromatic nitrogens is 1. The second-order valence-electron chi connectivity index (χ2n) is 8.03. The van der Waals surface area contributed by atoms with Crippen molar-refractivity contribution in [3.8, 4) is 5.75 Å². The van der Waals surface area contributed by atoms with Gasteiger partial charge in [-0.05, 0) is 43.7 Å². The van der Waals surface area contributed by atoms with Gasteiger partial charge in [0.05, 0.1) is 6.10 Å². The maximum atomic E-state index is 13.1. The number of rotatable bonds is 5. The third-order valence-corrected chi connectivity index (χ3v) is 5.53. The maximum absolute atomic E-state index is 13.1. The zero-order chi connectivity index (χ0) is 20.4. The first kappa shape index (κ1) is 19.5. The molecule has 29 heavy (non-hydrogen) atoms. The van der Waals surface area contributed by atoms with Crippen molar-refractivity contribution in [1.29, 1.82) is 0 Å². The van der Waals surface area contributed by atoms with Crippen molar-refractivity contribution in [2.75, 3.05) is 26.2 Å². The van der Waals surface area contributed by atoms with Crippen LogP contribution in [0.5, 0.6) is 5.75 Å². The molecule has 2 aromatic carbocycles. The van der Waals surface area contributed by atoms with Gasteiger partial charge in [-0.2, -0.15) is 0 Å². The van der Waals surface area contributed by atoms with Crippen LogP contribution in [0.4, 0.5) is 0 Å². The van der Waals surface area contributed by atoms with Crippen molar-refractivity contribution >= 4 is 16.8 Å². The van der Waals surface area contributed by atoms with E-state index in [0.29, 0.717) is 0 Å². The van der Waals surface area contributed by atoms with Gasteiger partial charge in [-0.25, -0.2) is 0 Å². The molecule has 0 bridgehead atoms. The van der Waals surface area contributed by atoms with E-state index in [0.717, 1.165) is 55.1 Å². The molecule has 0 saturated carbocycles. The van der Waals surface area contributed by atoms with Crippen LogP contribution >= 0.6 is 0 Å². The van der Waals surface area contributed by atoms with Crippen molar-refractivity contribution in [2.45, 2.75) is 26.5 Å². The van der Waals surface area contributed by atoms with E-state index in [2.05, 4.69) is 29.2 Å². The standard InChI is InChI=1S/C24H29N3O2/c1-18(2)29-21-10-8-19(9-11-21)17-26-12-14-27(15-13-26)24(28)23-16-20-6-4-5-7-22(20)25(23)3/h4-11,16,18H,12-15,17H2,1-3H3. The highest BCUT2D eigenvalue weighted by Crippen LogP contribution is 2.21. The van der Waals surface area contributed by atoms with Gasteiger partial charge in [0.1, 0.15) is 11.4 Å². The Labute approximate surface area is 172 Å². The van der Waals surface area contributed by atoms with E-state index < -0.39 is 0 Å². The summed E-state index contributed by atoms with van der Waals surface area (Å²) < 4.78 is 7.72. The molecule has 1 saturated heterocycles. The molecule has 1 aliphatic rings. The monoisotopic (exact) mass is 391 g/mol. The summed E-state index contributed by atoms with van der Waals surface area (Å²) in [6.07, 6.45) is 0.188. The normalized spacial score (nSPS) is 15.2. The minimum Gasteiger partial charge on any atom is -0.491 e. The zero-order valence-corrected chi connectivity index (χ0v) is 17.5. The van der Waals surface area contributed by atoms with Gasteiger partial charge in [0, 0.05) is 50.7 Å². The topological polar surface area (TPSA) is 37.7 Å². The molecule has 0 unspecified atom stereocenters. The minimum atomic E-state index is 0.124. The summed E-state index contributed by atoms with van der Waals surface area (Å²) in [4.78, 5) is 17.4. The molecule has 2 heterocycles. The second-order valence-corrected chi connectivity index (χ2v) is 8.03. The quantitative estimate of drug-likeness (QED) is 0.662. The highest BCUT2D eigenvalue weighted by atomic mass is 16.5. The molecule has 0 atom stereocenters. The van der Waals surface area contributed by atoms with Gasteiger partial charge in [0.2, 0.25) is 0 Å². The summed E-state index contributed by atoms with van der Waals surface area (Å²) in [7, 11) is 1.97. The maximum Gasteiger partial charge on any atom is 0.270 e. The van der Waals surface area contributed by atoms with E-state index in [1.165, 1.54) is 5.56 Å². The van der Waals surface area contributed by atoms with Crippen LogP contribution in [0.2, 0.25) is 0 Å². The number of benzene rings is 2. The van der Waals surface area contributed by atoms with E-state index in [9.17, 15) is 4.79 Å². The average Bonchev–Trinajstić information content (AvgIpc) is 3.06. The number of para-hydroxylation sites is 1. The molecule has 1 aromatic heterocycles. The van der Waals surface area contributed by atoms with Crippen molar-refractivity contribution in [2.24, 2.45) is 7.05 Å². The molecular weight excluding hydrogens is 362 g/mol. The van der Waals surface area contributed by atoms with Crippen LogP contribution in [0.3, 0.4) is 0 Å². The molecule has 3 aromatic rings. The third-order valence-electron chi connectivity index (χ3n) is 5.53. The number of carbonyl (C=O) groups is 1. The number of aryl methyl sites for hydroxylation is 1. The molecule has 1 amide bonds. The van der Waals surface area contributed by atoms with Gasteiger partial charge >= 0.3 is 0 Å². The smallest absolute Gasteiger partial charge is 0.270 e. The Morgan fingerprint density at radius 1 is 1.00 bits per heavy atom. The summed E-state index contributed by atoms with van der Waals surface area (Å²) in [5.74, 6) is 1.03. The van der Waals surface area contributed by atoms with Gasteiger partial charge in [-0.3, -0.25) is 9.69 Å². The number of ether oxygens (including phenoxy) is 1. The first-order chi connectivity index (χ1) is 14.0. The lowest BCUT2D eigenvalue weighted by atomic mass is 10.2. The van der Waals surface area contributed by atoms with E-state index in [-0.39, 0.29) is 12.0 Å². The fourth-order valence-corrected chi connectivity index (χ4v) is 3.97. The molecule has 0 radical (unpaired) electrons. The Morgan fingerprint density at radius 3 is 2.34 bits per heavy atom. The molecule has 5 heteroatoms. The van der Waals surface area contributed by atoms with E-state index in [1.807, 2.05) is 60.7 Å².